The van der Waals surface area contributed by atoms with Crippen LogP contribution in [0.15, 0.2) is 48.5 Å². The molecule has 1 aliphatic heterocycles. The van der Waals surface area contributed by atoms with Crippen molar-refractivity contribution < 1.29 is 4.39 Å². The molecule has 0 aromatic heterocycles. The van der Waals surface area contributed by atoms with Crippen molar-refractivity contribution >= 4 is 5.69 Å². The van der Waals surface area contributed by atoms with Crippen LogP contribution in [0.5, 0.6) is 0 Å². The number of piperazine rings is 1. The highest BCUT2D eigenvalue weighted by Gasteiger charge is 2.27. The van der Waals surface area contributed by atoms with Crippen LogP contribution in [-0.2, 0) is 12.8 Å². The van der Waals surface area contributed by atoms with Crippen molar-refractivity contribution in [1.29, 1.82) is 0 Å². The minimum atomic E-state index is -0.159. The molecule has 1 fully saturated rings. The molecule has 0 radical (unpaired) electrons. The molecule has 0 bridgehead atoms. The lowest BCUT2D eigenvalue weighted by atomic mass is 9.87. The molecule has 1 unspecified atom stereocenters. The minimum Gasteiger partial charge on any atom is -0.369 e. The van der Waals surface area contributed by atoms with E-state index in [-0.39, 0.29) is 5.82 Å². The third kappa shape index (κ3) is 3.11. The number of fused-ring (bicyclic) bond motifs is 1. The van der Waals surface area contributed by atoms with E-state index in [1.807, 2.05) is 12.1 Å². The highest BCUT2D eigenvalue weighted by molar-refractivity contribution is 5.46. The summed E-state index contributed by atoms with van der Waals surface area (Å²) in [5, 5.41) is 0. The molecule has 0 spiro atoms. The predicted octanol–water partition coefficient (Wildman–Crippen LogP) is 3.51. The van der Waals surface area contributed by atoms with Crippen LogP contribution in [0.25, 0.3) is 0 Å². The van der Waals surface area contributed by atoms with E-state index in [0.717, 1.165) is 31.9 Å². The van der Waals surface area contributed by atoms with E-state index in [1.165, 1.54) is 30.4 Å². The van der Waals surface area contributed by atoms with Gasteiger partial charge in [0.25, 0.3) is 0 Å². The Labute approximate surface area is 137 Å². The minimum absolute atomic E-state index is 0.159. The number of anilines is 1. The Morgan fingerprint density at radius 2 is 1.52 bits per heavy atom. The molecule has 1 heterocycles. The predicted molar refractivity (Wildman–Crippen MR) is 92.4 cm³/mol. The van der Waals surface area contributed by atoms with Gasteiger partial charge in [-0.3, -0.25) is 4.90 Å². The van der Waals surface area contributed by atoms with E-state index in [9.17, 15) is 4.39 Å². The largest absolute Gasteiger partial charge is 0.369 e. The molecule has 0 saturated carbocycles. The first-order chi connectivity index (χ1) is 11.3. The van der Waals surface area contributed by atoms with Crippen LogP contribution in [0.4, 0.5) is 10.1 Å². The van der Waals surface area contributed by atoms with Crippen LogP contribution in [0, 0.1) is 5.82 Å². The second kappa shape index (κ2) is 6.32. The first kappa shape index (κ1) is 14.7. The van der Waals surface area contributed by atoms with E-state index in [0.29, 0.717) is 6.04 Å². The smallest absolute Gasteiger partial charge is 0.123 e. The standard InChI is InChI=1S/C20H23FN2/c21-18-6-9-19(10-7-18)22-11-13-23(14-12-22)20-8-5-16-3-1-2-4-17(16)15-20/h1-4,6-7,9-10,20H,5,8,11-15H2. The number of hydrogen-bond donors (Lipinski definition) is 0. The number of hydrogen-bond acceptors (Lipinski definition) is 2. The van der Waals surface area contributed by atoms with Crippen LogP contribution in [0.2, 0.25) is 0 Å². The molecule has 2 aromatic rings. The van der Waals surface area contributed by atoms with Gasteiger partial charge < -0.3 is 4.90 Å². The molecule has 1 atom stereocenters. The average molecular weight is 310 g/mol. The number of aryl methyl sites for hydroxylation is 1. The molecule has 120 valence electrons. The summed E-state index contributed by atoms with van der Waals surface area (Å²) in [6.07, 6.45) is 3.67. The molecule has 1 aliphatic carbocycles. The molecule has 2 aliphatic rings. The van der Waals surface area contributed by atoms with Gasteiger partial charge >= 0.3 is 0 Å². The zero-order chi connectivity index (χ0) is 15.6. The summed E-state index contributed by atoms with van der Waals surface area (Å²) in [5.74, 6) is -0.159. The zero-order valence-electron chi connectivity index (χ0n) is 13.4. The molecule has 23 heavy (non-hydrogen) atoms. The Bertz CT molecular complexity index is 660. The van der Waals surface area contributed by atoms with Gasteiger partial charge in [-0.25, -0.2) is 4.39 Å². The van der Waals surface area contributed by atoms with Crippen LogP contribution in [-0.4, -0.2) is 37.1 Å². The maximum absolute atomic E-state index is 13.1. The van der Waals surface area contributed by atoms with E-state index in [4.69, 9.17) is 0 Å². The van der Waals surface area contributed by atoms with E-state index in [2.05, 4.69) is 34.1 Å². The first-order valence-corrected chi connectivity index (χ1v) is 8.61. The number of halogens is 1. The summed E-state index contributed by atoms with van der Waals surface area (Å²) in [5.41, 5.74) is 4.21. The van der Waals surface area contributed by atoms with Gasteiger partial charge in [-0.15, -0.1) is 0 Å². The molecule has 0 amide bonds. The summed E-state index contributed by atoms with van der Waals surface area (Å²) >= 11 is 0. The van der Waals surface area contributed by atoms with Crippen molar-refractivity contribution in [3.05, 3.63) is 65.5 Å². The van der Waals surface area contributed by atoms with Gasteiger partial charge in [0.1, 0.15) is 5.82 Å². The van der Waals surface area contributed by atoms with Crippen molar-refractivity contribution in [2.24, 2.45) is 0 Å². The fourth-order valence-corrected chi connectivity index (χ4v) is 3.99. The quantitative estimate of drug-likeness (QED) is 0.837. The topological polar surface area (TPSA) is 6.48 Å². The van der Waals surface area contributed by atoms with Gasteiger partial charge in [0, 0.05) is 37.9 Å². The van der Waals surface area contributed by atoms with Gasteiger partial charge in [0.15, 0.2) is 0 Å². The van der Waals surface area contributed by atoms with Gasteiger partial charge in [0.2, 0.25) is 0 Å². The van der Waals surface area contributed by atoms with Crippen molar-refractivity contribution in [3.63, 3.8) is 0 Å². The number of nitrogens with zero attached hydrogens (tertiary/aromatic N) is 2. The Morgan fingerprint density at radius 3 is 2.26 bits per heavy atom. The SMILES string of the molecule is Fc1ccc(N2CCN(C3CCc4ccccc4C3)CC2)cc1. The lowest BCUT2D eigenvalue weighted by molar-refractivity contribution is 0.170. The van der Waals surface area contributed by atoms with Crippen molar-refractivity contribution in [3.8, 4) is 0 Å². The van der Waals surface area contributed by atoms with Crippen molar-refractivity contribution in [2.45, 2.75) is 25.3 Å². The van der Waals surface area contributed by atoms with Gasteiger partial charge in [-0.05, 0) is 54.7 Å². The maximum atomic E-state index is 13.1. The van der Waals surface area contributed by atoms with Crippen LogP contribution in [0.3, 0.4) is 0 Å². The molecular weight excluding hydrogens is 287 g/mol. The highest BCUT2D eigenvalue weighted by Crippen LogP contribution is 2.26. The van der Waals surface area contributed by atoms with Crippen LogP contribution in [0.1, 0.15) is 17.5 Å². The third-order valence-corrected chi connectivity index (χ3v) is 5.34. The van der Waals surface area contributed by atoms with E-state index in [1.54, 1.807) is 12.1 Å². The Kier molecular flexibility index (Phi) is 4.04. The van der Waals surface area contributed by atoms with Gasteiger partial charge in [0.05, 0.1) is 0 Å². The molecule has 1 saturated heterocycles. The second-order valence-electron chi connectivity index (χ2n) is 6.66. The molecule has 0 N–H and O–H groups in total. The molecule has 3 heteroatoms. The van der Waals surface area contributed by atoms with Gasteiger partial charge in [-0.2, -0.15) is 0 Å². The summed E-state index contributed by atoms with van der Waals surface area (Å²) in [7, 11) is 0. The number of rotatable bonds is 2. The fourth-order valence-electron chi connectivity index (χ4n) is 3.99. The summed E-state index contributed by atoms with van der Waals surface area (Å²) in [6, 6.07) is 16.5. The zero-order valence-corrected chi connectivity index (χ0v) is 13.4. The van der Waals surface area contributed by atoms with Crippen LogP contribution >= 0.6 is 0 Å². The highest BCUT2D eigenvalue weighted by atomic mass is 19.1. The number of benzene rings is 2. The van der Waals surface area contributed by atoms with E-state index >= 15 is 0 Å². The Balaban J connectivity index is 1.38. The molecule has 4 rings (SSSR count). The Hall–Kier alpha value is -1.87. The molecule has 2 aromatic carbocycles. The lowest BCUT2D eigenvalue weighted by Gasteiger charge is -2.42. The summed E-state index contributed by atoms with van der Waals surface area (Å²) < 4.78 is 13.1. The third-order valence-electron chi connectivity index (χ3n) is 5.34. The maximum Gasteiger partial charge on any atom is 0.123 e. The van der Waals surface area contributed by atoms with Crippen molar-refractivity contribution in [1.82, 2.24) is 4.90 Å². The monoisotopic (exact) mass is 310 g/mol. The summed E-state index contributed by atoms with van der Waals surface area (Å²) in [4.78, 5) is 5.02. The normalized spacial score (nSPS) is 22.0. The van der Waals surface area contributed by atoms with Gasteiger partial charge in [-0.1, -0.05) is 24.3 Å². The molecule has 2 nitrogen and oxygen atoms in total. The lowest BCUT2D eigenvalue weighted by Crippen LogP contribution is -2.51. The van der Waals surface area contributed by atoms with E-state index < -0.39 is 0 Å². The second-order valence-corrected chi connectivity index (χ2v) is 6.66. The average Bonchev–Trinajstić information content (AvgIpc) is 2.62. The first-order valence-electron chi connectivity index (χ1n) is 8.61. The summed E-state index contributed by atoms with van der Waals surface area (Å²) in [6.45, 7) is 4.27. The van der Waals surface area contributed by atoms with Crippen molar-refractivity contribution in [2.75, 3.05) is 31.1 Å². The fraction of sp³-hybridized carbons (Fsp3) is 0.400. The Morgan fingerprint density at radius 1 is 0.826 bits per heavy atom. The molecular formula is C20H23FN2. The van der Waals surface area contributed by atoms with Crippen LogP contribution < -0.4 is 4.90 Å².